The van der Waals surface area contributed by atoms with Crippen molar-refractivity contribution >= 4 is 17.7 Å². The predicted molar refractivity (Wildman–Crippen MR) is 111 cm³/mol. The molecule has 146 valence electrons. The molecule has 3 rings (SSSR count). The van der Waals surface area contributed by atoms with E-state index in [4.69, 9.17) is 9.26 Å². The molecule has 0 radical (unpaired) electrons. The number of hydrogen-bond donors (Lipinski definition) is 1. The number of carbonyl (C=O) groups is 1. The highest BCUT2D eigenvalue weighted by atomic mass is 32.2. The van der Waals surface area contributed by atoms with Crippen molar-refractivity contribution in [2.45, 2.75) is 38.3 Å². The summed E-state index contributed by atoms with van der Waals surface area (Å²) in [6.07, 6.45) is 2.04. The van der Waals surface area contributed by atoms with Crippen LogP contribution in [0.4, 0.5) is 0 Å². The number of thioether (sulfide) groups is 1. The van der Waals surface area contributed by atoms with Crippen molar-refractivity contribution in [2.24, 2.45) is 0 Å². The Morgan fingerprint density at radius 2 is 1.82 bits per heavy atom. The average molecular weight is 397 g/mol. The minimum absolute atomic E-state index is 0.0705. The third-order valence-electron chi connectivity index (χ3n) is 4.64. The summed E-state index contributed by atoms with van der Waals surface area (Å²) < 4.78 is 10.9. The molecule has 0 saturated carbocycles. The Hall–Kier alpha value is -2.73. The Morgan fingerprint density at radius 1 is 1.14 bits per heavy atom. The van der Waals surface area contributed by atoms with E-state index in [1.807, 2.05) is 39.2 Å². The van der Waals surface area contributed by atoms with Crippen molar-refractivity contribution < 1.29 is 14.1 Å². The first-order valence-electron chi connectivity index (χ1n) is 9.07. The predicted octanol–water partition coefficient (Wildman–Crippen LogP) is 5.08. The van der Waals surface area contributed by atoms with E-state index in [0.29, 0.717) is 17.9 Å². The molecule has 1 N–H and O–H groups in total. The van der Waals surface area contributed by atoms with Crippen LogP contribution in [0.5, 0.6) is 5.75 Å². The molecule has 5 nitrogen and oxygen atoms in total. The van der Waals surface area contributed by atoms with Gasteiger partial charge in [0.2, 0.25) is 0 Å². The highest BCUT2D eigenvalue weighted by Gasteiger charge is 2.13. The van der Waals surface area contributed by atoms with E-state index in [-0.39, 0.29) is 11.9 Å². The molecular weight excluding hydrogens is 372 g/mol. The van der Waals surface area contributed by atoms with Gasteiger partial charge in [-0.1, -0.05) is 17.3 Å². The van der Waals surface area contributed by atoms with Crippen LogP contribution in [0.25, 0.3) is 0 Å². The van der Waals surface area contributed by atoms with Crippen LogP contribution in [-0.4, -0.2) is 17.3 Å². The maximum atomic E-state index is 12.5. The summed E-state index contributed by atoms with van der Waals surface area (Å²) in [4.78, 5) is 13.7. The topological polar surface area (TPSA) is 64.4 Å². The number of nitrogens with zero attached hydrogens (tertiary/aromatic N) is 1. The summed E-state index contributed by atoms with van der Waals surface area (Å²) in [6.45, 7) is 6.11. The van der Waals surface area contributed by atoms with Gasteiger partial charge in [-0.25, -0.2) is 0 Å². The van der Waals surface area contributed by atoms with Crippen molar-refractivity contribution in [1.29, 1.82) is 0 Å². The lowest BCUT2D eigenvalue weighted by molar-refractivity contribution is 0.0940. The van der Waals surface area contributed by atoms with Crippen molar-refractivity contribution in [3.8, 4) is 5.75 Å². The van der Waals surface area contributed by atoms with Crippen LogP contribution in [-0.2, 0) is 6.61 Å². The minimum Gasteiger partial charge on any atom is -0.489 e. The fraction of sp³-hybridized carbons (Fsp3) is 0.273. The van der Waals surface area contributed by atoms with Gasteiger partial charge in [-0.2, -0.15) is 0 Å². The number of aromatic nitrogens is 1. The summed E-state index contributed by atoms with van der Waals surface area (Å²) in [5.41, 5.74) is 3.44. The van der Waals surface area contributed by atoms with Gasteiger partial charge in [0, 0.05) is 10.5 Å². The standard InChI is InChI=1S/C22H24N2O3S/c1-14(17-7-11-20(28-4)12-8-17)23-22(25)18-5-9-19(10-6-18)26-13-21-15(2)24-27-16(21)3/h5-12,14H,13H2,1-4H3,(H,23,25). The molecule has 0 fully saturated rings. The molecule has 1 aromatic heterocycles. The van der Waals surface area contributed by atoms with Gasteiger partial charge in [0.1, 0.15) is 18.1 Å². The fourth-order valence-electron chi connectivity index (χ4n) is 2.82. The van der Waals surface area contributed by atoms with Crippen LogP contribution in [0, 0.1) is 13.8 Å². The molecule has 3 aromatic rings. The molecule has 6 heteroatoms. The van der Waals surface area contributed by atoms with E-state index in [1.165, 1.54) is 4.90 Å². The molecule has 1 unspecified atom stereocenters. The van der Waals surface area contributed by atoms with E-state index in [1.54, 1.807) is 36.0 Å². The number of nitrogens with one attached hydrogen (secondary N) is 1. The Bertz CT molecular complexity index is 914. The largest absolute Gasteiger partial charge is 0.489 e. The number of hydrogen-bond acceptors (Lipinski definition) is 5. The Balaban J connectivity index is 1.58. The van der Waals surface area contributed by atoms with Crippen molar-refractivity contribution in [3.63, 3.8) is 0 Å². The average Bonchev–Trinajstić information content (AvgIpc) is 3.04. The highest BCUT2D eigenvalue weighted by Crippen LogP contribution is 2.20. The summed E-state index contributed by atoms with van der Waals surface area (Å²) >= 11 is 1.70. The zero-order valence-corrected chi connectivity index (χ0v) is 17.3. The second kappa shape index (κ2) is 8.97. The van der Waals surface area contributed by atoms with Gasteiger partial charge < -0.3 is 14.6 Å². The summed E-state index contributed by atoms with van der Waals surface area (Å²) in [6, 6.07) is 15.3. The molecule has 1 heterocycles. The minimum atomic E-state index is -0.112. The second-order valence-electron chi connectivity index (χ2n) is 6.58. The first-order chi connectivity index (χ1) is 13.5. The van der Waals surface area contributed by atoms with E-state index in [0.717, 1.165) is 22.6 Å². The smallest absolute Gasteiger partial charge is 0.251 e. The van der Waals surface area contributed by atoms with Crippen molar-refractivity contribution in [3.05, 3.63) is 76.7 Å². The molecule has 0 aliphatic carbocycles. The van der Waals surface area contributed by atoms with Crippen LogP contribution in [0.15, 0.2) is 57.9 Å². The van der Waals surface area contributed by atoms with Gasteiger partial charge in [0.05, 0.1) is 17.3 Å². The van der Waals surface area contributed by atoms with Gasteiger partial charge >= 0.3 is 0 Å². The van der Waals surface area contributed by atoms with Gasteiger partial charge in [0.15, 0.2) is 0 Å². The summed E-state index contributed by atoms with van der Waals surface area (Å²) in [7, 11) is 0. The van der Waals surface area contributed by atoms with E-state index in [2.05, 4.69) is 22.6 Å². The number of ether oxygens (including phenoxy) is 1. The number of rotatable bonds is 7. The zero-order valence-electron chi connectivity index (χ0n) is 16.5. The van der Waals surface area contributed by atoms with Crippen molar-refractivity contribution in [1.82, 2.24) is 10.5 Å². The first-order valence-corrected chi connectivity index (χ1v) is 10.3. The quantitative estimate of drug-likeness (QED) is 0.564. The maximum absolute atomic E-state index is 12.5. The van der Waals surface area contributed by atoms with Crippen LogP contribution >= 0.6 is 11.8 Å². The zero-order chi connectivity index (χ0) is 20.1. The monoisotopic (exact) mass is 396 g/mol. The van der Waals surface area contributed by atoms with Crippen molar-refractivity contribution in [2.75, 3.05) is 6.26 Å². The van der Waals surface area contributed by atoms with Crippen LogP contribution in [0.3, 0.4) is 0 Å². The van der Waals surface area contributed by atoms with Gasteiger partial charge in [-0.15, -0.1) is 11.8 Å². The normalized spacial score (nSPS) is 11.9. The molecule has 0 spiro atoms. The lowest BCUT2D eigenvalue weighted by Gasteiger charge is -2.15. The third-order valence-corrected chi connectivity index (χ3v) is 5.39. The lowest BCUT2D eigenvalue weighted by Crippen LogP contribution is -2.26. The van der Waals surface area contributed by atoms with Crippen LogP contribution in [0.1, 0.15) is 45.9 Å². The Kier molecular flexibility index (Phi) is 6.41. The number of amides is 1. The van der Waals surface area contributed by atoms with Crippen LogP contribution in [0.2, 0.25) is 0 Å². The summed E-state index contributed by atoms with van der Waals surface area (Å²) in [5, 5.41) is 6.95. The van der Waals surface area contributed by atoms with Gasteiger partial charge in [0.25, 0.3) is 5.91 Å². The lowest BCUT2D eigenvalue weighted by atomic mass is 10.1. The van der Waals surface area contributed by atoms with Crippen LogP contribution < -0.4 is 10.1 Å². The number of benzene rings is 2. The van der Waals surface area contributed by atoms with E-state index in [9.17, 15) is 4.79 Å². The molecule has 0 aliphatic heterocycles. The molecule has 0 aliphatic rings. The molecule has 28 heavy (non-hydrogen) atoms. The number of aryl methyl sites for hydroxylation is 2. The molecule has 1 atom stereocenters. The molecule has 1 amide bonds. The second-order valence-corrected chi connectivity index (χ2v) is 7.46. The number of carbonyl (C=O) groups excluding carboxylic acids is 1. The summed E-state index contributed by atoms with van der Waals surface area (Å²) in [5.74, 6) is 1.34. The first kappa shape index (κ1) is 20.0. The van der Waals surface area contributed by atoms with E-state index >= 15 is 0 Å². The highest BCUT2D eigenvalue weighted by molar-refractivity contribution is 7.98. The molecular formula is C22H24N2O3S. The molecule has 0 saturated heterocycles. The SMILES string of the molecule is CSc1ccc(C(C)NC(=O)c2ccc(OCc3c(C)noc3C)cc2)cc1. The Morgan fingerprint density at radius 3 is 2.39 bits per heavy atom. The maximum Gasteiger partial charge on any atom is 0.251 e. The van der Waals surface area contributed by atoms with E-state index < -0.39 is 0 Å². The van der Waals surface area contributed by atoms with Gasteiger partial charge in [-0.3, -0.25) is 4.79 Å². The fourth-order valence-corrected chi connectivity index (χ4v) is 3.23. The Labute approximate surface area is 169 Å². The van der Waals surface area contributed by atoms with Gasteiger partial charge in [-0.05, 0) is 69.0 Å². The molecule has 0 bridgehead atoms. The third kappa shape index (κ3) is 4.75. The molecule has 2 aromatic carbocycles.